The van der Waals surface area contributed by atoms with Crippen molar-refractivity contribution < 1.29 is 5.11 Å². The Balaban J connectivity index is 2.38. The van der Waals surface area contributed by atoms with E-state index in [1.54, 1.807) is 0 Å². The van der Waals surface area contributed by atoms with Gasteiger partial charge in [0.2, 0.25) is 0 Å². The van der Waals surface area contributed by atoms with Crippen LogP contribution in [0.3, 0.4) is 0 Å². The second kappa shape index (κ2) is 4.44. The molecule has 1 nitrogen and oxygen atoms in total. The van der Waals surface area contributed by atoms with Gasteiger partial charge in [-0.1, -0.05) is 57.8 Å². The Morgan fingerprint density at radius 3 is 2.21 bits per heavy atom. The van der Waals surface area contributed by atoms with E-state index in [0.717, 1.165) is 20.1 Å². The molecule has 0 saturated heterocycles. The molecule has 1 aliphatic carbocycles. The van der Waals surface area contributed by atoms with Crippen LogP contribution in [0.5, 0.6) is 0 Å². The van der Waals surface area contributed by atoms with Crippen LogP contribution in [0.15, 0.2) is 45.3 Å². The highest BCUT2D eigenvalue weighted by Gasteiger charge is 2.38. The molecular weight excluding hydrogens is 368 g/mol. The third-order valence-corrected chi connectivity index (χ3v) is 4.95. The molecular formula is C16H14Br2O. The Bertz CT molecular complexity index is 662. The van der Waals surface area contributed by atoms with Gasteiger partial charge in [0.05, 0.1) is 6.10 Å². The number of halogens is 2. The van der Waals surface area contributed by atoms with Crippen molar-refractivity contribution in [3.63, 3.8) is 0 Å². The van der Waals surface area contributed by atoms with E-state index < -0.39 is 6.10 Å². The number of benzene rings is 2. The fourth-order valence-electron chi connectivity index (χ4n) is 2.84. The Hall–Kier alpha value is -0.640. The quantitative estimate of drug-likeness (QED) is 0.664. The van der Waals surface area contributed by atoms with E-state index in [9.17, 15) is 5.11 Å². The SMILES string of the molecule is CC1(C)c2ccc(Br)cc2-c2cc(Br)ccc2[C@H]1O. The number of rotatable bonds is 0. The third-order valence-electron chi connectivity index (χ3n) is 3.96. The number of aliphatic hydroxyl groups excluding tert-OH is 1. The van der Waals surface area contributed by atoms with Gasteiger partial charge in [0.1, 0.15) is 0 Å². The van der Waals surface area contributed by atoms with Gasteiger partial charge in [0.15, 0.2) is 0 Å². The molecule has 0 saturated carbocycles. The van der Waals surface area contributed by atoms with Crippen molar-refractivity contribution in [2.45, 2.75) is 25.4 Å². The van der Waals surface area contributed by atoms with E-state index in [1.165, 1.54) is 11.1 Å². The van der Waals surface area contributed by atoms with E-state index in [-0.39, 0.29) is 5.41 Å². The van der Waals surface area contributed by atoms with Gasteiger partial charge < -0.3 is 5.11 Å². The van der Waals surface area contributed by atoms with Crippen LogP contribution in [0.4, 0.5) is 0 Å². The largest absolute Gasteiger partial charge is 0.387 e. The lowest BCUT2D eigenvalue weighted by Crippen LogP contribution is -2.31. The first-order valence-electron chi connectivity index (χ1n) is 6.19. The Morgan fingerprint density at radius 1 is 0.947 bits per heavy atom. The number of hydrogen-bond donors (Lipinski definition) is 1. The van der Waals surface area contributed by atoms with Crippen LogP contribution in [0.2, 0.25) is 0 Å². The Morgan fingerprint density at radius 2 is 1.53 bits per heavy atom. The van der Waals surface area contributed by atoms with Crippen molar-refractivity contribution in [1.82, 2.24) is 0 Å². The van der Waals surface area contributed by atoms with E-state index in [1.807, 2.05) is 18.2 Å². The zero-order valence-corrected chi connectivity index (χ0v) is 13.9. The fourth-order valence-corrected chi connectivity index (χ4v) is 3.56. The van der Waals surface area contributed by atoms with Crippen molar-refractivity contribution in [1.29, 1.82) is 0 Å². The number of hydrogen-bond acceptors (Lipinski definition) is 1. The summed E-state index contributed by atoms with van der Waals surface area (Å²) in [6, 6.07) is 12.4. The van der Waals surface area contributed by atoms with Gasteiger partial charge in [0, 0.05) is 14.4 Å². The molecule has 1 aliphatic rings. The molecule has 3 heteroatoms. The maximum Gasteiger partial charge on any atom is 0.0887 e. The zero-order valence-electron chi connectivity index (χ0n) is 10.7. The molecule has 98 valence electrons. The summed E-state index contributed by atoms with van der Waals surface area (Å²) in [5, 5.41) is 10.7. The Labute approximate surface area is 129 Å². The highest BCUT2D eigenvalue weighted by Crippen LogP contribution is 2.50. The molecule has 0 spiro atoms. The van der Waals surface area contributed by atoms with Crippen LogP contribution in [-0.2, 0) is 5.41 Å². The van der Waals surface area contributed by atoms with Crippen molar-refractivity contribution >= 4 is 31.9 Å². The lowest BCUT2D eigenvalue weighted by Gasteiger charge is -2.39. The summed E-state index contributed by atoms with van der Waals surface area (Å²) in [4.78, 5) is 0. The van der Waals surface area contributed by atoms with Gasteiger partial charge in [-0.15, -0.1) is 0 Å². The van der Waals surface area contributed by atoms with Gasteiger partial charge in [-0.25, -0.2) is 0 Å². The first-order chi connectivity index (χ1) is 8.91. The molecule has 2 aromatic carbocycles. The van der Waals surface area contributed by atoms with E-state index >= 15 is 0 Å². The topological polar surface area (TPSA) is 20.2 Å². The monoisotopic (exact) mass is 380 g/mol. The lowest BCUT2D eigenvalue weighted by atomic mass is 9.68. The average Bonchev–Trinajstić information content (AvgIpc) is 2.36. The van der Waals surface area contributed by atoms with Crippen molar-refractivity contribution in [2.24, 2.45) is 0 Å². The minimum atomic E-state index is -0.482. The molecule has 0 fully saturated rings. The van der Waals surface area contributed by atoms with Gasteiger partial charge in [-0.3, -0.25) is 0 Å². The molecule has 0 unspecified atom stereocenters. The first kappa shape index (κ1) is 13.3. The van der Waals surface area contributed by atoms with Crippen LogP contribution in [-0.4, -0.2) is 5.11 Å². The minimum Gasteiger partial charge on any atom is -0.387 e. The fraction of sp³-hybridized carbons (Fsp3) is 0.250. The molecule has 0 bridgehead atoms. The summed E-state index contributed by atoms with van der Waals surface area (Å²) < 4.78 is 2.09. The van der Waals surface area contributed by atoms with Crippen LogP contribution in [0.25, 0.3) is 11.1 Å². The van der Waals surface area contributed by atoms with Gasteiger partial charge in [0.25, 0.3) is 0 Å². The molecule has 0 heterocycles. The molecule has 0 aromatic heterocycles. The van der Waals surface area contributed by atoms with Gasteiger partial charge in [-0.2, -0.15) is 0 Å². The van der Waals surface area contributed by atoms with Crippen molar-refractivity contribution in [2.75, 3.05) is 0 Å². The molecule has 0 aliphatic heterocycles. The lowest BCUT2D eigenvalue weighted by molar-refractivity contribution is 0.0985. The number of aliphatic hydroxyl groups is 1. The van der Waals surface area contributed by atoms with Crippen LogP contribution in [0, 0.1) is 0 Å². The summed E-state index contributed by atoms with van der Waals surface area (Å²) in [5.74, 6) is 0. The molecule has 0 amide bonds. The highest BCUT2D eigenvalue weighted by molar-refractivity contribution is 9.10. The number of fused-ring (bicyclic) bond motifs is 3. The minimum absolute atomic E-state index is 0.281. The smallest absolute Gasteiger partial charge is 0.0887 e. The molecule has 1 atom stereocenters. The van der Waals surface area contributed by atoms with Crippen LogP contribution >= 0.6 is 31.9 Å². The molecule has 0 radical (unpaired) electrons. The molecule has 19 heavy (non-hydrogen) atoms. The predicted molar refractivity (Wildman–Crippen MR) is 85.3 cm³/mol. The predicted octanol–water partition coefficient (Wildman–Crippen LogP) is 5.20. The van der Waals surface area contributed by atoms with Gasteiger partial charge >= 0.3 is 0 Å². The molecule has 2 aromatic rings. The van der Waals surface area contributed by atoms with E-state index in [0.29, 0.717) is 0 Å². The highest BCUT2D eigenvalue weighted by atomic mass is 79.9. The second-order valence-electron chi connectivity index (χ2n) is 5.55. The summed E-state index contributed by atoms with van der Waals surface area (Å²) in [5.41, 5.74) is 4.21. The Kier molecular flexibility index (Phi) is 3.12. The third kappa shape index (κ3) is 1.99. The normalized spacial score (nSPS) is 19.7. The van der Waals surface area contributed by atoms with E-state index in [4.69, 9.17) is 0 Å². The molecule has 1 N–H and O–H groups in total. The maximum absolute atomic E-state index is 10.7. The van der Waals surface area contributed by atoms with Crippen molar-refractivity contribution in [3.8, 4) is 11.1 Å². The average molecular weight is 382 g/mol. The van der Waals surface area contributed by atoms with Crippen LogP contribution < -0.4 is 0 Å². The van der Waals surface area contributed by atoms with E-state index in [2.05, 4.69) is 63.9 Å². The molecule has 3 rings (SSSR count). The first-order valence-corrected chi connectivity index (χ1v) is 7.78. The summed E-state index contributed by atoms with van der Waals surface area (Å²) >= 11 is 7.06. The summed E-state index contributed by atoms with van der Waals surface area (Å²) in [6.45, 7) is 4.19. The summed E-state index contributed by atoms with van der Waals surface area (Å²) in [7, 11) is 0. The summed E-state index contributed by atoms with van der Waals surface area (Å²) in [6.07, 6.45) is -0.482. The van der Waals surface area contributed by atoms with Gasteiger partial charge in [-0.05, 0) is 46.5 Å². The van der Waals surface area contributed by atoms with Crippen molar-refractivity contribution in [3.05, 3.63) is 56.5 Å². The van der Waals surface area contributed by atoms with Crippen LogP contribution in [0.1, 0.15) is 31.1 Å². The second-order valence-corrected chi connectivity index (χ2v) is 7.38. The zero-order chi connectivity index (χ0) is 13.8. The standard InChI is InChI=1S/C16H14Br2O/c1-16(2)14-6-4-10(18)8-13(14)12-7-9(17)3-5-11(12)15(16)19/h3-8,15,19H,1-2H3/t15-/m1/s1. The maximum atomic E-state index is 10.7.